The topological polar surface area (TPSA) is 65.0 Å². The Morgan fingerprint density at radius 2 is 1.52 bits per heavy atom. The van der Waals surface area contributed by atoms with Crippen LogP contribution >= 0.6 is 15.9 Å². The lowest BCUT2D eigenvalue weighted by Crippen LogP contribution is -2.06. The van der Waals surface area contributed by atoms with Gasteiger partial charge in [-0.3, -0.25) is 0 Å². The van der Waals surface area contributed by atoms with Crippen molar-refractivity contribution in [2.24, 2.45) is 4.99 Å². The average molecular weight is 370 g/mol. The zero-order valence-electron chi connectivity index (χ0n) is 11.6. The van der Waals surface area contributed by atoms with Gasteiger partial charge in [0.25, 0.3) is 0 Å². The minimum absolute atomic E-state index is 0.00113. The molecule has 2 aliphatic rings. The van der Waals surface area contributed by atoms with Gasteiger partial charge in [-0.05, 0) is 30.3 Å². The Morgan fingerprint density at radius 3 is 2.26 bits per heavy atom. The predicted molar refractivity (Wildman–Crippen MR) is 85.5 cm³/mol. The molecule has 6 heteroatoms. The molecule has 112 valence electrons. The Balaban J connectivity index is 1.82. The van der Waals surface area contributed by atoms with Crippen molar-refractivity contribution in [2.75, 3.05) is 0 Å². The molecule has 0 bridgehead atoms. The zero-order valence-corrected chi connectivity index (χ0v) is 13.2. The van der Waals surface area contributed by atoms with Crippen LogP contribution in [0.25, 0.3) is 5.76 Å². The van der Waals surface area contributed by atoms with Gasteiger partial charge in [0, 0.05) is 15.6 Å². The number of hydrogen-bond donors (Lipinski definition) is 0. The SMILES string of the molecule is O=C1OC(c2ccc(Br)cc2)=NC1=C1OC(=O)c2ccccc21. The smallest absolute Gasteiger partial charge is 0.367 e. The monoisotopic (exact) mass is 369 g/mol. The van der Waals surface area contributed by atoms with Crippen LogP contribution in [-0.2, 0) is 14.3 Å². The van der Waals surface area contributed by atoms with Crippen LogP contribution in [0.15, 0.2) is 63.7 Å². The average Bonchev–Trinajstić information content (AvgIpc) is 3.09. The van der Waals surface area contributed by atoms with Crippen LogP contribution in [0.4, 0.5) is 0 Å². The second-order valence-electron chi connectivity index (χ2n) is 4.93. The van der Waals surface area contributed by atoms with Crippen molar-refractivity contribution in [1.29, 1.82) is 0 Å². The van der Waals surface area contributed by atoms with Crippen LogP contribution in [0.5, 0.6) is 0 Å². The van der Waals surface area contributed by atoms with E-state index < -0.39 is 11.9 Å². The molecule has 0 saturated heterocycles. The van der Waals surface area contributed by atoms with E-state index in [9.17, 15) is 9.59 Å². The van der Waals surface area contributed by atoms with Crippen molar-refractivity contribution in [3.8, 4) is 0 Å². The quantitative estimate of drug-likeness (QED) is 0.571. The second kappa shape index (κ2) is 5.17. The first kappa shape index (κ1) is 13.9. The van der Waals surface area contributed by atoms with Crippen molar-refractivity contribution in [1.82, 2.24) is 0 Å². The van der Waals surface area contributed by atoms with Gasteiger partial charge in [-0.25, -0.2) is 14.6 Å². The third kappa shape index (κ3) is 2.27. The summed E-state index contributed by atoms with van der Waals surface area (Å²) >= 11 is 3.34. The number of hydrogen-bond acceptors (Lipinski definition) is 5. The molecule has 2 aromatic rings. The van der Waals surface area contributed by atoms with E-state index in [1.54, 1.807) is 36.4 Å². The van der Waals surface area contributed by atoms with Gasteiger partial charge in [-0.2, -0.15) is 0 Å². The molecule has 0 fully saturated rings. The van der Waals surface area contributed by atoms with Gasteiger partial charge in [-0.1, -0.05) is 34.1 Å². The maximum absolute atomic E-state index is 12.1. The molecule has 2 aromatic carbocycles. The Bertz CT molecular complexity index is 912. The molecule has 5 nitrogen and oxygen atoms in total. The molecule has 0 amide bonds. The number of halogens is 1. The maximum atomic E-state index is 12.1. The van der Waals surface area contributed by atoms with Crippen molar-refractivity contribution in [2.45, 2.75) is 0 Å². The summed E-state index contributed by atoms with van der Waals surface area (Å²) in [5, 5.41) is 0. The van der Waals surface area contributed by atoms with Crippen molar-refractivity contribution in [3.63, 3.8) is 0 Å². The molecule has 2 heterocycles. The summed E-state index contributed by atoms with van der Waals surface area (Å²) in [5.41, 5.74) is 1.62. The van der Waals surface area contributed by atoms with E-state index >= 15 is 0 Å². The lowest BCUT2D eigenvalue weighted by molar-refractivity contribution is -0.130. The summed E-state index contributed by atoms with van der Waals surface area (Å²) in [6, 6.07) is 14.0. The molecule has 23 heavy (non-hydrogen) atoms. The van der Waals surface area contributed by atoms with Gasteiger partial charge < -0.3 is 9.47 Å². The number of esters is 2. The molecular formula is C17H8BrNO4. The summed E-state index contributed by atoms with van der Waals surface area (Å²) in [6.07, 6.45) is 0. The number of cyclic esters (lactones) is 2. The van der Waals surface area contributed by atoms with E-state index in [1.807, 2.05) is 12.1 Å². The van der Waals surface area contributed by atoms with Crippen LogP contribution in [0, 0.1) is 0 Å². The second-order valence-corrected chi connectivity index (χ2v) is 5.84. The minimum Gasteiger partial charge on any atom is -0.420 e. The molecular weight excluding hydrogens is 362 g/mol. The number of aliphatic imine (C=N–C) groups is 1. The molecule has 0 radical (unpaired) electrons. The largest absolute Gasteiger partial charge is 0.420 e. The van der Waals surface area contributed by atoms with Crippen LogP contribution in [0.2, 0.25) is 0 Å². The first-order chi connectivity index (χ1) is 11.1. The number of fused-ring (bicyclic) bond motifs is 1. The van der Waals surface area contributed by atoms with E-state index in [2.05, 4.69) is 20.9 Å². The van der Waals surface area contributed by atoms with Gasteiger partial charge >= 0.3 is 11.9 Å². The fourth-order valence-corrected chi connectivity index (χ4v) is 2.67. The van der Waals surface area contributed by atoms with E-state index in [0.29, 0.717) is 16.7 Å². The summed E-state index contributed by atoms with van der Waals surface area (Å²) in [6.45, 7) is 0. The van der Waals surface area contributed by atoms with Gasteiger partial charge in [0.1, 0.15) is 0 Å². The number of carbonyl (C=O) groups is 2. The molecule has 0 aliphatic carbocycles. The fourth-order valence-electron chi connectivity index (χ4n) is 2.40. The van der Waals surface area contributed by atoms with Crippen molar-refractivity contribution >= 4 is 39.5 Å². The molecule has 0 aromatic heterocycles. The summed E-state index contributed by atoms with van der Waals surface area (Å²) in [7, 11) is 0. The maximum Gasteiger partial charge on any atom is 0.367 e. The van der Waals surface area contributed by atoms with E-state index in [1.165, 1.54) is 0 Å². The Hall–Kier alpha value is -2.73. The number of ether oxygens (including phenoxy) is 2. The van der Waals surface area contributed by atoms with Crippen molar-refractivity contribution < 1.29 is 19.1 Å². The Labute approximate surface area is 139 Å². The highest BCUT2D eigenvalue weighted by molar-refractivity contribution is 9.10. The van der Waals surface area contributed by atoms with Gasteiger partial charge in [0.2, 0.25) is 5.90 Å². The highest BCUT2D eigenvalue weighted by atomic mass is 79.9. The van der Waals surface area contributed by atoms with Crippen LogP contribution in [0.1, 0.15) is 21.5 Å². The number of rotatable bonds is 1. The van der Waals surface area contributed by atoms with Gasteiger partial charge in [0.15, 0.2) is 11.5 Å². The molecule has 0 atom stereocenters. The molecule has 0 N–H and O–H groups in total. The number of nitrogens with zero attached hydrogens (tertiary/aromatic N) is 1. The molecule has 0 saturated carbocycles. The molecule has 0 spiro atoms. The van der Waals surface area contributed by atoms with E-state index in [-0.39, 0.29) is 17.4 Å². The molecule has 2 aliphatic heterocycles. The van der Waals surface area contributed by atoms with Gasteiger partial charge in [-0.15, -0.1) is 0 Å². The van der Waals surface area contributed by atoms with E-state index in [0.717, 1.165) is 4.47 Å². The highest BCUT2D eigenvalue weighted by Gasteiger charge is 2.35. The molecule has 0 unspecified atom stereocenters. The first-order valence-electron chi connectivity index (χ1n) is 6.76. The van der Waals surface area contributed by atoms with Crippen LogP contribution in [-0.4, -0.2) is 17.8 Å². The Morgan fingerprint density at radius 1 is 0.826 bits per heavy atom. The number of carbonyl (C=O) groups excluding carboxylic acids is 2. The summed E-state index contributed by atoms with van der Waals surface area (Å²) in [5.74, 6) is -0.807. The summed E-state index contributed by atoms with van der Waals surface area (Å²) < 4.78 is 11.3. The number of benzene rings is 2. The predicted octanol–water partition coefficient (Wildman–Crippen LogP) is 3.29. The summed E-state index contributed by atoms with van der Waals surface area (Å²) in [4.78, 5) is 28.2. The van der Waals surface area contributed by atoms with Crippen LogP contribution < -0.4 is 0 Å². The van der Waals surface area contributed by atoms with Gasteiger partial charge in [0.05, 0.1) is 5.56 Å². The van der Waals surface area contributed by atoms with Crippen LogP contribution in [0.3, 0.4) is 0 Å². The van der Waals surface area contributed by atoms with Crippen molar-refractivity contribution in [3.05, 3.63) is 75.4 Å². The highest BCUT2D eigenvalue weighted by Crippen LogP contribution is 2.34. The Kier molecular flexibility index (Phi) is 3.12. The normalized spacial score (nSPS) is 19.3. The zero-order chi connectivity index (χ0) is 16.0. The lowest BCUT2D eigenvalue weighted by atomic mass is 10.1. The first-order valence-corrected chi connectivity index (χ1v) is 7.55. The van der Waals surface area contributed by atoms with E-state index in [4.69, 9.17) is 9.47 Å². The standard InChI is InChI=1S/C17H8BrNO4/c18-10-7-5-9(6-8-10)15-19-13(17(21)23-15)14-11-3-1-2-4-12(11)16(20)22-14/h1-8H. The lowest BCUT2D eigenvalue weighted by Gasteiger charge is -1.99. The molecule has 4 rings (SSSR count). The fraction of sp³-hybridized carbons (Fsp3) is 0. The minimum atomic E-state index is -0.637. The third-order valence-corrected chi connectivity index (χ3v) is 4.02. The third-order valence-electron chi connectivity index (χ3n) is 3.49.